The van der Waals surface area contributed by atoms with Crippen LogP contribution in [0.4, 0.5) is 0 Å². The topological polar surface area (TPSA) is 68.8 Å². The number of methoxy groups -OCH3 is 1. The number of halogens is 1. The molecule has 2 aromatic carbocycles. The molecule has 2 N–H and O–H groups in total. The maximum absolute atomic E-state index is 12.7. The van der Waals surface area contributed by atoms with Crippen LogP contribution in [0.25, 0.3) is 0 Å². The predicted molar refractivity (Wildman–Crippen MR) is 139 cm³/mol. The summed E-state index contributed by atoms with van der Waals surface area (Å²) in [7, 11) is 1.62. The Morgan fingerprint density at radius 1 is 1.18 bits per heavy atom. The van der Waals surface area contributed by atoms with E-state index in [4.69, 9.17) is 38.0 Å². The summed E-state index contributed by atoms with van der Waals surface area (Å²) >= 11 is 11.7. The highest BCUT2D eigenvalue weighted by Gasteiger charge is 2.31. The van der Waals surface area contributed by atoms with E-state index in [-0.39, 0.29) is 25.1 Å². The number of ether oxygens (including phenoxy) is 3. The van der Waals surface area contributed by atoms with Crippen LogP contribution in [-0.4, -0.2) is 24.8 Å². The van der Waals surface area contributed by atoms with E-state index in [1.165, 1.54) is 0 Å². The number of carbonyl (C=O) groups is 1. The fraction of sp³-hybridized carbons (Fsp3) is 0.385. The summed E-state index contributed by atoms with van der Waals surface area (Å²) in [5.41, 5.74) is 4.84. The number of allylic oxidation sites excluding steroid dienone is 1. The highest BCUT2D eigenvalue weighted by molar-refractivity contribution is 7.80. The molecule has 34 heavy (non-hydrogen) atoms. The standard InChI is InChI=1S/C26H31ClN2O4S/c1-7-32-25(30)23-16(5)28-26(34)29-24(23)17-8-9-21(31-6)18(11-17)13-33-22-10-15(4)20(27)12-19(22)14(2)3/h8-12,14,24H,7,13H2,1-6H3,(H2,28,29,34)/t24-/m1/s1. The first kappa shape index (κ1) is 25.8. The first-order valence-corrected chi connectivity index (χ1v) is 12.0. The van der Waals surface area contributed by atoms with Crippen molar-refractivity contribution in [3.8, 4) is 11.5 Å². The molecular weight excluding hydrogens is 472 g/mol. The SMILES string of the molecule is CCOC(=O)C1=C(C)NC(=S)N[C@@H]1c1ccc(OC)c(COc2cc(C)c(Cl)cc2C(C)C)c1. The summed E-state index contributed by atoms with van der Waals surface area (Å²) in [6.07, 6.45) is 0. The van der Waals surface area contributed by atoms with Gasteiger partial charge < -0.3 is 24.8 Å². The molecule has 0 amide bonds. The minimum absolute atomic E-state index is 0.251. The number of thiocarbonyl (C=S) groups is 1. The molecule has 0 saturated heterocycles. The number of rotatable bonds is 8. The van der Waals surface area contributed by atoms with Gasteiger partial charge >= 0.3 is 5.97 Å². The summed E-state index contributed by atoms with van der Waals surface area (Å²) in [5.74, 6) is 1.34. The van der Waals surface area contributed by atoms with Crippen LogP contribution >= 0.6 is 23.8 Å². The number of hydrogen-bond acceptors (Lipinski definition) is 5. The average molecular weight is 503 g/mol. The first-order valence-electron chi connectivity index (χ1n) is 11.2. The fourth-order valence-corrected chi connectivity index (χ4v) is 4.36. The molecule has 1 atom stereocenters. The normalized spacial score (nSPS) is 15.6. The largest absolute Gasteiger partial charge is 0.496 e. The zero-order valence-electron chi connectivity index (χ0n) is 20.4. The van der Waals surface area contributed by atoms with Crippen molar-refractivity contribution in [1.82, 2.24) is 10.6 Å². The van der Waals surface area contributed by atoms with E-state index in [1.54, 1.807) is 14.0 Å². The van der Waals surface area contributed by atoms with Crippen LogP contribution in [0.2, 0.25) is 5.02 Å². The summed E-state index contributed by atoms with van der Waals surface area (Å²) in [6, 6.07) is 9.22. The van der Waals surface area contributed by atoms with E-state index in [2.05, 4.69) is 24.5 Å². The van der Waals surface area contributed by atoms with Gasteiger partial charge in [-0.05, 0) is 79.9 Å². The number of esters is 1. The van der Waals surface area contributed by atoms with Gasteiger partial charge in [0.25, 0.3) is 0 Å². The van der Waals surface area contributed by atoms with Gasteiger partial charge in [0.2, 0.25) is 0 Å². The smallest absolute Gasteiger partial charge is 0.338 e. The molecule has 1 aliphatic heterocycles. The van der Waals surface area contributed by atoms with Crippen molar-refractivity contribution in [3.63, 3.8) is 0 Å². The molecule has 0 aromatic heterocycles. The van der Waals surface area contributed by atoms with Gasteiger partial charge in [-0.25, -0.2) is 4.79 Å². The maximum Gasteiger partial charge on any atom is 0.338 e. The van der Waals surface area contributed by atoms with Gasteiger partial charge in [0.15, 0.2) is 5.11 Å². The zero-order chi connectivity index (χ0) is 25.0. The average Bonchev–Trinajstić information content (AvgIpc) is 2.78. The molecule has 1 heterocycles. The van der Waals surface area contributed by atoms with Gasteiger partial charge in [-0.3, -0.25) is 0 Å². The molecule has 0 radical (unpaired) electrons. The minimum Gasteiger partial charge on any atom is -0.496 e. The number of nitrogens with one attached hydrogen (secondary N) is 2. The van der Waals surface area contributed by atoms with Gasteiger partial charge in [0.05, 0.1) is 25.3 Å². The molecule has 3 rings (SSSR count). The lowest BCUT2D eigenvalue weighted by atomic mass is 9.94. The lowest BCUT2D eigenvalue weighted by Gasteiger charge is -2.30. The van der Waals surface area contributed by atoms with E-state index in [0.29, 0.717) is 22.1 Å². The third kappa shape index (κ3) is 5.65. The van der Waals surface area contributed by atoms with Crippen molar-refractivity contribution in [2.24, 2.45) is 0 Å². The van der Waals surface area contributed by atoms with E-state index >= 15 is 0 Å². The summed E-state index contributed by atoms with van der Waals surface area (Å²) in [6.45, 7) is 10.3. The predicted octanol–water partition coefficient (Wildman–Crippen LogP) is 5.72. The molecule has 0 saturated carbocycles. The number of aryl methyl sites for hydroxylation is 1. The van der Waals surface area contributed by atoms with Crippen LogP contribution in [0.15, 0.2) is 41.6 Å². The quantitative estimate of drug-likeness (QED) is 0.353. The van der Waals surface area contributed by atoms with Gasteiger partial charge in [0.1, 0.15) is 18.1 Å². The Balaban J connectivity index is 1.97. The minimum atomic E-state index is -0.457. The Morgan fingerprint density at radius 3 is 2.56 bits per heavy atom. The molecule has 8 heteroatoms. The Bertz CT molecular complexity index is 1130. The van der Waals surface area contributed by atoms with E-state index < -0.39 is 6.04 Å². The van der Waals surface area contributed by atoms with Crippen molar-refractivity contribution < 1.29 is 19.0 Å². The van der Waals surface area contributed by atoms with E-state index in [1.807, 2.05) is 44.2 Å². The molecule has 0 bridgehead atoms. The summed E-state index contributed by atoms with van der Waals surface area (Å²) in [5, 5.41) is 7.38. The molecule has 182 valence electrons. The maximum atomic E-state index is 12.7. The second kappa shape index (κ2) is 11.1. The fourth-order valence-electron chi connectivity index (χ4n) is 3.92. The summed E-state index contributed by atoms with van der Waals surface area (Å²) < 4.78 is 17.1. The lowest BCUT2D eigenvalue weighted by molar-refractivity contribution is -0.139. The second-order valence-electron chi connectivity index (χ2n) is 8.44. The summed E-state index contributed by atoms with van der Waals surface area (Å²) in [4.78, 5) is 12.7. The zero-order valence-corrected chi connectivity index (χ0v) is 21.9. The molecule has 2 aromatic rings. The van der Waals surface area contributed by atoms with E-state index in [9.17, 15) is 4.79 Å². The molecule has 0 aliphatic carbocycles. The molecule has 1 aliphatic rings. The van der Waals surface area contributed by atoms with Gasteiger partial charge in [-0.1, -0.05) is 31.5 Å². The third-order valence-corrected chi connectivity index (χ3v) is 6.33. The molecule has 6 nitrogen and oxygen atoms in total. The molecular formula is C26H31ClN2O4S. The van der Waals surface area contributed by atoms with Gasteiger partial charge in [-0.2, -0.15) is 0 Å². The molecule has 0 unspecified atom stereocenters. The van der Waals surface area contributed by atoms with Crippen molar-refractivity contribution in [2.75, 3.05) is 13.7 Å². The second-order valence-corrected chi connectivity index (χ2v) is 9.26. The Morgan fingerprint density at radius 2 is 1.91 bits per heavy atom. The van der Waals surface area contributed by atoms with Crippen molar-refractivity contribution in [1.29, 1.82) is 0 Å². The third-order valence-electron chi connectivity index (χ3n) is 5.70. The van der Waals surface area contributed by atoms with Gasteiger partial charge in [-0.15, -0.1) is 0 Å². The van der Waals surface area contributed by atoms with Crippen LogP contribution in [0.3, 0.4) is 0 Å². The molecule has 0 spiro atoms. The highest BCUT2D eigenvalue weighted by atomic mass is 35.5. The monoisotopic (exact) mass is 502 g/mol. The number of carbonyl (C=O) groups excluding carboxylic acids is 1. The Hall–Kier alpha value is -2.77. The van der Waals surface area contributed by atoms with Crippen molar-refractivity contribution >= 4 is 34.9 Å². The van der Waals surface area contributed by atoms with Crippen molar-refractivity contribution in [3.05, 3.63) is 68.9 Å². The molecule has 0 fully saturated rings. The van der Waals surface area contributed by atoms with Crippen LogP contribution in [0.1, 0.15) is 61.9 Å². The Kier molecular flexibility index (Phi) is 8.44. The highest BCUT2D eigenvalue weighted by Crippen LogP contribution is 2.35. The van der Waals surface area contributed by atoms with Crippen LogP contribution < -0.4 is 20.1 Å². The van der Waals surface area contributed by atoms with Gasteiger partial charge in [0, 0.05) is 16.3 Å². The number of hydrogen-bond donors (Lipinski definition) is 2. The number of benzene rings is 2. The van der Waals surface area contributed by atoms with Crippen LogP contribution in [-0.2, 0) is 16.1 Å². The first-order chi connectivity index (χ1) is 16.2. The Labute approximate surface area is 211 Å². The van der Waals surface area contributed by atoms with E-state index in [0.717, 1.165) is 33.0 Å². The van der Waals surface area contributed by atoms with Crippen LogP contribution in [0, 0.1) is 6.92 Å². The van der Waals surface area contributed by atoms with Crippen molar-refractivity contribution in [2.45, 2.75) is 53.2 Å². The van der Waals surface area contributed by atoms with Crippen LogP contribution in [0.5, 0.6) is 11.5 Å². The lowest BCUT2D eigenvalue weighted by Crippen LogP contribution is -2.45.